The molecular formula is C43H81NO2. The number of hydrogen-bond donors (Lipinski definition) is 0. The van der Waals surface area contributed by atoms with Crippen LogP contribution in [0.2, 0.25) is 0 Å². The first-order chi connectivity index (χ1) is 22.5. The summed E-state index contributed by atoms with van der Waals surface area (Å²) in [7, 11) is 4.30. The van der Waals surface area contributed by atoms with Gasteiger partial charge in [0.1, 0.15) is 0 Å². The number of nitrogens with zero attached hydrogens (tertiary/aromatic N) is 1. The van der Waals surface area contributed by atoms with Crippen LogP contribution in [-0.2, 0) is 9.47 Å². The smallest absolute Gasteiger partial charge is 0.168 e. The Balaban J connectivity index is 2.17. The second-order valence-corrected chi connectivity index (χ2v) is 14.9. The maximum absolute atomic E-state index is 6.68. The Kier molecular flexibility index (Phi) is 29.4. The number of rotatable bonds is 33. The molecule has 0 aromatic heterocycles. The van der Waals surface area contributed by atoms with Crippen molar-refractivity contribution in [2.75, 3.05) is 27.2 Å². The summed E-state index contributed by atoms with van der Waals surface area (Å²) in [5.74, 6) is 0.535. The second kappa shape index (κ2) is 31.4. The summed E-state index contributed by atoms with van der Waals surface area (Å²) in [5, 5.41) is 0. The molecule has 46 heavy (non-hydrogen) atoms. The van der Waals surface area contributed by atoms with Crippen molar-refractivity contribution in [1.82, 2.24) is 4.90 Å². The van der Waals surface area contributed by atoms with Crippen molar-refractivity contribution in [1.29, 1.82) is 0 Å². The van der Waals surface area contributed by atoms with Crippen molar-refractivity contribution in [3.63, 3.8) is 0 Å². The molecule has 0 radical (unpaired) electrons. The summed E-state index contributed by atoms with van der Waals surface area (Å²) in [4.78, 5) is 2.26. The van der Waals surface area contributed by atoms with Gasteiger partial charge in [-0.1, -0.05) is 147 Å². The minimum Gasteiger partial charge on any atom is -0.347 e. The molecule has 0 amide bonds. The van der Waals surface area contributed by atoms with E-state index in [-0.39, 0.29) is 11.9 Å². The molecule has 1 aliphatic rings. The Bertz CT molecular complexity index is 728. The number of allylic oxidation sites excluding steroid dienone is 6. The van der Waals surface area contributed by atoms with Crippen molar-refractivity contribution in [2.45, 2.75) is 206 Å². The summed E-state index contributed by atoms with van der Waals surface area (Å²) >= 11 is 0. The fraction of sp³-hybridized carbons (Fsp3) is 0.860. The first-order valence-electron chi connectivity index (χ1n) is 20.4. The lowest BCUT2D eigenvalue weighted by atomic mass is 9.98. The average Bonchev–Trinajstić information content (AvgIpc) is 3.45. The van der Waals surface area contributed by atoms with Gasteiger partial charge in [-0.05, 0) is 90.6 Å². The second-order valence-electron chi connectivity index (χ2n) is 14.9. The highest BCUT2D eigenvalue weighted by molar-refractivity contribution is 4.92. The Morgan fingerprint density at radius 1 is 0.630 bits per heavy atom. The van der Waals surface area contributed by atoms with Gasteiger partial charge >= 0.3 is 0 Å². The van der Waals surface area contributed by atoms with E-state index in [4.69, 9.17) is 9.47 Å². The Morgan fingerprint density at radius 3 is 1.70 bits per heavy atom. The first-order valence-corrected chi connectivity index (χ1v) is 20.4. The average molecular weight is 644 g/mol. The summed E-state index contributed by atoms with van der Waals surface area (Å²) in [6.07, 6.45) is 49.3. The molecule has 0 spiro atoms. The zero-order valence-electron chi connectivity index (χ0n) is 31.9. The van der Waals surface area contributed by atoms with Crippen LogP contribution in [0.5, 0.6) is 0 Å². The zero-order chi connectivity index (χ0) is 33.4. The molecule has 0 aliphatic carbocycles. The molecule has 1 rings (SSSR count). The van der Waals surface area contributed by atoms with Gasteiger partial charge in [-0.3, -0.25) is 0 Å². The van der Waals surface area contributed by atoms with Gasteiger partial charge in [0.2, 0.25) is 0 Å². The lowest BCUT2D eigenvalue weighted by Crippen LogP contribution is -2.31. The quantitative estimate of drug-likeness (QED) is 0.0524. The highest BCUT2D eigenvalue weighted by Crippen LogP contribution is 2.35. The van der Waals surface area contributed by atoms with Gasteiger partial charge in [0.25, 0.3) is 0 Å². The Morgan fingerprint density at radius 2 is 1.13 bits per heavy atom. The van der Waals surface area contributed by atoms with Crippen LogP contribution in [0, 0.1) is 5.92 Å². The van der Waals surface area contributed by atoms with Crippen molar-refractivity contribution in [3.05, 3.63) is 36.5 Å². The Hall–Kier alpha value is -0.900. The summed E-state index contributed by atoms with van der Waals surface area (Å²) in [6.45, 7) is 8.82. The molecule has 0 saturated carbocycles. The molecule has 1 fully saturated rings. The van der Waals surface area contributed by atoms with Crippen LogP contribution in [0.25, 0.3) is 0 Å². The fourth-order valence-electron chi connectivity index (χ4n) is 6.60. The number of unbranched alkanes of at least 4 members (excludes halogenated alkanes) is 17. The zero-order valence-corrected chi connectivity index (χ0v) is 31.9. The van der Waals surface area contributed by atoms with Crippen molar-refractivity contribution >= 4 is 0 Å². The van der Waals surface area contributed by atoms with Crippen LogP contribution in [-0.4, -0.2) is 44.0 Å². The lowest BCUT2D eigenvalue weighted by molar-refractivity contribution is -0.180. The largest absolute Gasteiger partial charge is 0.347 e. The highest BCUT2D eigenvalue weighted by atomic mass is 16.7. The van der Waals surface area contributed by atoms with Crippen molar-refractivity contribution < 1.29 is 9.47 Å². The molecule has 1 saturated heterocycles. The van der Waals surface area contributed by atoms with Gasteiger partial charge in [-0.15, -0.1) is 0 Å². The standard InChI is InChI=1S/C43H81NO2/c1-6-8-10-11-12-13-14-15-16-17-18-19-22-25-28-32-37-43(45-40-42(46-43)36-39-44(4)5)38-33-29-26-23-20-21-24-27-31-35-41(3)34-30-9-7-2/h12-13,15-16,27,31,41-42H,6-11,14,17-26,28-30,32-40H2,1-5H3/b13-12-,16-15-,31-27-. The van der Waals surface area contributed by atoms with Gasteiger partial charge < -0.3 is 14.4 Å². The van der Waals surface area contributed by atoms with Crippen LogP contribution < -0.4 is 0 Å². The molecule has 0 aromatic rings. The van der Waals surface area contributed by atoms with Crippen LogP contribution in [0.4, 0.5) is 0 Å². The monoisotopic (exact) mass is 644 g/mol. The van der Waals surface area contributed by atoms with E-state index in [1.54, 1.807) is 0 Å². The maximum atomic E-state index is 6.68. The predicted octanol–water partition coefficient (Wildman–Crippen LogP) is 13.5. The van der Waals surface area contributed by atoms with Crippen LogP contribution in [0.1, 0.15) is 194 Å². The molecule has 1 aliphatic heterocycles. The van der Waals surface area contributed by atoms with Gasteiger partial charge in [0.05, 0.1) is 12.7 Å². The predicted molar refractivity (Wildman–Crippen MR) is 205 cm³/mol. The lowest BCUT2D eigenvalue weighted by Gasteiger charge is -2.29. The van der Waals surface area contributed by atoms with E-state index in [0.29, 0.717) is 0 Å². The van der Waals surface area contributed by atoms with E-state index in [9.17, 15) is 0 Å². The minimum atomic E-state index is -0.315. The van der Waals surface area contributed by atoms with E-state index >= 15 is 0 Å². The SMILES string of the molecule is CCCCC/C=C\C/C=C\CCCCCCCCC1(CCCCCCCC/C=C\CC(C)CCCCC)OCC(CCN(C)C)O1. The van der Waals surface area contributed by atoms with Gasteiger partial charge in [-0.25, -0.2) is 0 Å². The van der Waals surface area contributed by atoms with E-state index in [1.807, 2.05) is 0 Å². The maximum Gasteiger partial charge on any atom is 0.168 e. The molecule has 270 valence electrons. The molecule has 3 nitrogen and oxygen atoms in total. The first kappa shape index (κ1) is 43.1. The highest BCUT2D eigenvalue weighted by Gasteiger charge is 2.40. The van der Waals surface area contributed by atoms with Crippen LogP contribution in [0.3, 0.4) is 0 Å². The van der Waals surface area contributed by atoms with Gasteiger partial charge in [0.15, 0.2) is 5.79 Å². The normalized spacial score (nSPS) is 19.6. The van der Waals surface area contributed by atoms with E-state index in [2.05, 4.69) is 76.2 Å². The topological polar surface area (TPSA) is 21.7 Å². The molecule has 0 N–H and O–H groups in total. The van der Waals surface area contributed by atoms with E-state index in [1.165, 1.54) is 148 Å². The van der Waals surface area contributed by atoms with Gasteiger partial charge in [-0.2, -0.15) is 0 Å². The van der Waals surface area contributed by atoms with Crippen molar-refractivity contribution in [2.24, 2.45) is 5.92 Å². The molecular weight excluding hydrogens is 562 g/mol. The van der Waals surface area contributed by atoms with Gasteiger partial charge in [0, 0.05) is 19.4 Å². The number of hydrogen-bond acceptors (Lipinski definition) is 3. The third kappa shape index (κ3) is 26.1. The third-order valence-corrected chi connectivity index (χ3v) is 9.75. The summed E-state index contributed by atoms with van der Waals surface area (Å²) in [5.41, 5.74) is 0. The number of ether oxygens (including phenoxy) is 2. The molecule has 1 heterocycles. The van der Waals surface area contributed by atoms with E-state index < -0.39 is 0 Å². The van der Waals surface area contributed by atoms with Crippen LogP contribution in [0.15, 0.2) is 36.5 Å². The molecule has 3 heteroatoms. The summed E-state index contributed by atoms with van der Waals surface area (Å²) < 4.78 is 13.2. The third-order valence-electron chi connectivity index (χ3n) is 9.75. The molecule has 0 bridgehead atoms. The minimum absolute atomic E-state index is 0.263. The molecule has 0 aromatic carbocycles. The van der Waals surface area contributed by atoms with E-state index in [0.717, 1.165) is 44.8 Å². The van der Waals surface area contributed by atoms with Crippen molar-refractivity contribution in [3.8, 4) is 0 Å². The molecule has 3 unspecified atom stereocenters. The van der Waals surface area contributed by atoms with Crippen LogP contribution >= 0.6 is 0 Å². The fourth-order valence-corrected chi connectivity index (χ4v) is 6.60. The summed E-state index contributed by atoms with van der Waals surface area (Å²) in [6, 6.07) is 0. The Labute approximate surface area is 289 Å². The molecule has 3 atom stereocenters.